The van der Waals surface area contributed by atoms with Crippen molar-refractivity contribution >= 4 is 11.8 Å². The highest BCUT2D eigenvalue weighted by Gasteiger charge is 2.24. The molecule has 1 saturated heterocycles. The number of hydrogen-bond donors (Lipinski definition) is 1. The molecule has 1 fully saturated rings. The van der Waals surface area contributed by atoms with Crippen LogP contribution in [0, 0.1) is 13.8 Å². The Balaban J connectivity index is 1.51. The summed E-state index contributed by atoms with van der Waals surface area (Å²) in [5, 5.41) is 7.55. The lowest BCUT2D eigenvalue weighted by molar-refractivity contribution is -0.131. The first-order valence-electron chi connectivity index (χ1n) is 10.6. The van der Waals surface area contributed by atoms with Crippen LogP contribution in [-0.4, -0.2) is 46.2 Å². The Bertz CT molecular complexity index is 906. The monoisotopic (exact) mass is 412 g/mol. The van der Waals surface area contributed by atoms with Crippen LogP contribution < -0.4 is 10.1 Å². The lowest BCUT2D eigenvalue weighted by Crippen LogP contribution is -2.36. The van der Waals surface area contributed by atoms with E-state index in [0.29, 0.717) is 38.8 Å². The van der Waals surface area contributed by atoms with Gasteiger partial charge in [0.15, 0.2) is 0 Å². The highest BCUT2D eigenvalue weighted by atomic mass is 16.5. The lowest BCUT2D eigenvalue weighted by Gasteiger charge is -2.21. The first kappa shape index (κ1) is 21.9. The van der Waals surface area contributed by atoms with Crippen LogP contribution >= 0.6 is 0 Å². The summed E-state index contributed by atoms with van der Waals surface area (Å²) in [6.45, 7) is 5.22. The van der Waals surface area contributed by atoms with E-state index in [4.69, 9.17) is 4.74 Å². The SMILES string of the molecule is COc1cccc(CN2CCC(NC(=O)CCc3c(C)nn(C)c3C)CCC2=O)c1. The Hall–Kier alpha value is -2.83. The number of aromatic nitrogens is 2. The Kier molecular flexibility index (Phi) is 7.13. The molecule has 0 saturated carbocycles. The Morgan fingerprint density at radius 1 is 1.30 bits per heavy atom. The van der Waals surface area contributed by atoms with Gasteiger partial charge in [0, 0.05) is 44.7 Å². The van der Waals surface area contributed by atoms with Crippen molar-refractivity contribution in [1.29, 1.82) is 0 Å². The lowest BCUT2D eigenvalue weighted by atomic mass is 10.1. The third-order valence-corrected chi connectivity index (χ3v) is 5.94. The normalized spacial score (nSPS) is 17.0. The van der Waals surface area contributed by atoms with Crippen LogP contribution in [0.5, 0.6) is 5.75 Å². The average Bonchev–Trinajstić information content (AvgIpc) is 2.86. The first-order chi connectivity index (χ1) is 14.4. The predicted octanol–water partition coefficient (Wildman–Crippen LogP) is 2.68. The number of carbonyl (C=O) groups is 2. The number of amides is 2. The molecule has 1 unspecified atom stereocenters. The second-order valence-corrected chi connectivity index (χ2v) is 8.03. The van der Waals surface area contributed by atoms with Crippen LogP contribution in [0.2, 0.25) is 0 Å². The molecule has 1 aliphatic heterocycles. The number of hydrogen-bond acceptors (Lipinski definition) is 4. The molecule has 7 heteroatoms. The maximum Gasteiger partial charge on any atom is 0.222 e. The maximum absolute atomic E-state index is 12.6. The third-order valence-electron chi connectivity index (χ3n) is 5.94. The Morgan fingerprint density at radius 3 is 2.80 bits per heavy atom. The standard InChI is InChI=1S/C23H32N4O3/c1-16-21(17(2)26(3)25-16)9-10-22(28)24-19-8-11-23(29)27(13-12-19)15-18-6-5-7-20(14-18)30-4/h5-7,14,19H,8-13,15H2,1-4H3,(H,24,28). The van der Waals surface area contributed by atoms with Crippen molar-refractivity contribution in [2.24, 2.45) is 7.05 Å². The van der Waals surface area contributed by atoms with Gasteiger partial charge in [-0.25, -0.2) is 0 Å². The molecule has 1 atom stereocenters. The van der Waals surface area contributed by atoms with Crippen LogP contribution in [0.4, 0.5) is 0 Å². The number of rotatable bonds is 7. The van der Waals surface area contributed by atoms with E-state index in [-0.39, 0.29) is 17.9 Å². The minimum absolute atomic E-state index is 0.0350. The molecule has 1 N–H and O–H groups in total. The van der Waals surface area contributed by atoms with Crippen molar-refractivity contribution in [3.63, 3.8) is 0 Å². The minimum atomic E-state index is 0.0350. The molecular weight excluding hydrogens is 380 g/mol. The fraction of sp³-hybridized carbons (Fsp3) is 0.522. The van der Waals surface area contributed by atoms with Crippen molar-refractivity contribution in [3.8, 4) is 5.75 Å². The second-order valence-electron chi connectivity index (χ2n) is 8.03. The molecule has 0 bridgehead atoms. The maximum atomic E-state index is 12.6. The van der Waals surface area contributed by atoms with Crippen molar-refractivity contribution < 1.29 is 14.3 Å². The van der Waals surface area contributed by atoms with Gasteiger partial charge in [-0.2, -0.15) is 5.10 Å². The molecule has 1 aromatic carbocycles. The Morgan fingerprint density at radius 2 is 2.10 bits per heavy atom. The topological polar surface area (TPSA) is 76.5 Å². The number of carbonyl (C=O) groups excluding carboxylic acids is 2. The van der Waals surface area contributed by atoms with Crippen LogP contribution in [0.3, 0.4) is 0 Å². The average molecular weight is 413 g/mol. The number of ether oxygens (including phenoxy) is 1. The first-order valence-corrected chi connectivity index (χ1v) is 10.6. The van der Waals surface area contributed by atoms with Gasteiger partial charge in [0.2, 0.25) is 11.8 Å². The van der Waals surface area contributed by atoms with Gasteiger partial charge >= 0.3 is 0 Å². The highest BCUT2D eigenvalue weighted by molar-refractivity contribution is 5.78. The predicted molar refractivity (Wildman–Crippen MR) is 115 cm³/mol. The van der Waals surface area contributed by atoms with Crippen molar-refractivity contribution in [2.75, 3.05) is 13.7 Å². The molecule has 3 rings (SSSR count). The summed E-state index contributed by atoms with van der Waals surface area (Å²) in [6, 6.07) is 7.83. The van der Waals surface area contributed by atoms with Crippen LogP contribution in [0.15, 0.2) is 24.3 Å². The van der Waals surface area contributed by atoms with Crippen molar-refractivity contribution in [3.05, 3.63) is 46.8 Å². The van der Waals surface area contributed by atoms with Gasteiger partial charge in [-0.05, 0) is 56.4 Å². The fourth-order valence-electron chi connectivity index (χ4n) is 4.06. The van der Waals surface area contributed by atoms with Gasteiger partial charge in [0.05, 0.1) is 12.8 Å². The van der Waals surface area contributed by atoms with E-state index in [0.717, 1.165) is 34.7 Å². The summed E-state index contributed by atoms with van der Waals surface area (Å²) >= 11 is 0. The fourth-order valence-corrected chi connectivity index (χ4v) is 4.06. The number of likely N-dealkylation sites (tertiary alicyclic amines) is 1. The Labute approximate surface area is 178 Å². The van der Waals surface area contributed by atoms with Crippen LogP contribution in [-0.2, 0) is 29.6 Å². The smallest absolute Gasteiger partial charge is 0.222 e. The molecule has 1 aliphatic rings. The minimum Gasteiger partial charge on any atom is -0.497 e. The zero-order valence-electron chi connectivity index (χ0n) is 18.4. The number of methoxy groups -OCH3 is 1. The summed E-state index contributed by atoms with van der Waals surface area (Å²) in [4.78, 5) is 26.9. The summed E-state index contributed by atoms with van der Waals surface area (Å²) in [7, 11) is 3.56. The number of aryl methyl sites for hydroxylation is 2. The molecule has 0 aliphatic carbocycles. The van der Waals surface area contributed by atoms with Gasteiger partial charge in [-0.3, -0.25) is 14.3 Å². The van der Waals surface area contributed by atoms with Crippen molar-refractivity contribution in [2.45, 2.75) is 58.5 Å². The van der Waals surface area contributed by atoms with E-state index in [2.05, 4.69) is 10.4 Å². The van der Waals surface area contributed by atoms with E-state index in [1.54, 1.807) is 7.11 Å². The van der Waals surface area contributed by atoms with E-state index < -0.39 is 0 Å². The summed E-state index contributed by atoms with van der Waals surface area (Å²) in [5.41, 5.74) is 4.28. The second kappa shape index (κ2) is 9.78. The quantitative estimate of drug-likeness (QED) is 0.759. The van der Waals surface area contributed by atoms with E-state index in [9.17, 15) is 9.59 Å². The zero-order chi connectivity index (χ0) is 21.7. The molecule has 2 heterocycles. The summed E-state index contributed by atoms with van der Waals surface area (Å²) < 4.78 is 7.13. The van der Waals surface area contributed by atoms with Crippen molar-refractivity contribution in [1.82, 2.24) is 20.0 Å². The zero-order valence-corrected chi connectivity index (χ0v) is 18.4. The van der Waals surface area contributed by atoms with E-state index in [1.807, 2.05) is 54.7 Å². The molecule has 162 valence electrons. The van der Waals surface area contributed by atoms with E-state index >= 15 is 0 Å². The number of benzene rings is 1. The summed E-state index contributed by atoms with van der Waals surface area (Å²) in [5.74, 6) is 0.964. The van der Waals surface area contributed by atoms with Gasteiger partial charge in [-0.15, -0.1) is 0 Å². The van der Waals surface area contributed by atoms with Crippen LogP contribution in [0.25, 0.3) is 0 Å². The molecule has 0 radical (unpaired) electrons. The van der Waals surface area contributed by atoms with Gasteiger partial charge in [-0.1, -0.05) is 12.1 Å². The largest absolute Gasteiger partial charge is 0.497 e. The molecule has 30 heavy (non-hydrogen) atoms. The van der Waals surface area contributed by atoms with Gasteiger partial charge in [0.25, 0.3) is 0 Å². The van der Waals surface area contributed by atoms with Gasteiger partial charge < -0.3 is 15.0 Å². The number of nitrogens with one attached hydrogen (secondary N) is 1. The highest BCUT2D eigenvalue weighted by Crippen LogP contribution is 2.19. The molecule has 1 aromatic heterocycles. The van der Waals surface area contributed by atoms with Crippen LogP contribution in [0.1, 0.15) is 48.2 Å². The van der Waals surface area contributed by atoms with Gasteiger partial charge in [0.1, 0.15) is 5.75 Å². The third kappa shape index (κ3) is 5.40. The summed E-state index contributed by atoms with van der Waals surface area (Å²) in [6.07, 6.45) is 3.03. The molecule has 0 spiro atoms. The van der Waals surface area contributed by atoms with E-state index in [1.165, 1.54) is 0 Å². The molecule has 7 nitrogen and oxygen atoms in total. The molecule has 2 amide bonds. The number of nitrogens with zero attached hydrogens (tertiary/aromatic N) is 3. The molecular formula is C23H32N4O3. The molecule has 2 aromatic rings.